The van der Waals surface area contributed by atoms with Crippen LogP contribution in [0.2, 0.25) is 0 Å². The van der Waals surface area contributed by atoms with Gasteiger partial charge in [0.25, 0.3) is 0 Å². The van der Waals surface area contributed by atoms with Crippen LogP contribution in [0.5, 0.6) is 11.5 Å². The molecule has 1 aromatic carbocycles. The first-order chi connectivity index (χ1) is 11.3. The standard InChI is InChI=1S/C15H17N5O2S/c23-15-19-18-14(11-6-10(16-17-11)8-1-2-8)20(15)9-3-4-12-13(5-9)22-7-21-12/h3-5,8,10-11,16-17H,1-2,6-7H2,(H,19,23). The Morgan fingerprint density at radius 2 is 2.04 bits per heavy atom. The Labute approximate surface area is 138 Å². The van der Waals surface area contributed by atoms with E-state index in [9.17, 15) is 0 Å². The lowest BCUT2D eigenvalue weighted by atomic mass is 10.1. The highest BCUT2D eigenvalue weighted by Crippen LogP contribution is 2.39. The Bertz CT molecular complexity index is 812. The quantitative estimate of drug-likeness (QED) is 0.747. The number of nitrogens with one attached hydrogen (secondary N) is 3. The van der Waals surface area contributed by atoms with Crippen LogP contribution in [0.15, 0.2) is 18.2 Å². The molecule has 0 amide bonds. The van der Waals surface area contributed by atoms with Crippen molar-refractivity contribution in [2.24, 2.45) is 5.92 Å². The van der Waals surface area contributed by atoms with Crippen LogP contribution in [0.3, 0.4) is 0 Å². The molecule has 1 saturated carbocycles. The van der Waals surface area contributed by atoms with Crippen LogP contribution in [-0.2, 0) is 0 Å². The highest BCUT2D eigenvalue weighted by Gasteiger charge is 2.38. The van der Waals surface area contributed by atoms with Crippen molar-refractivity contribution in [3.05, 3.63) is 28.8 Å². The summed E-state index contributed by atoms with van der Waals surface area (Å²) in [5.74, 6) is 3.20. The van der Waals surface area contributed by atoms with Gasteiger partial charge in [-0.1, -0.05) is 0 Å². The number of fused-ring (bicyclic) bond motifs is 1. The van der Waals surface area contributed by atoms with Crippen molar-refractivity contribution < 1.29 is 9.47 Å². The third-order valence-corrected chi connectivity index (χ3v) is 5.02. The number of hydrazine groups is 1. The van der Waals surface area contributed by atoms with Gasteiger partial charge in [-0.05, 0) is 49.5 Å². The lowest BCUT2D eigenvalue weighted by Gasteiger charge is -2.12. The summed E-state index contributed by atoms with van der Waals surface area (Å²) in [5.41, 5.74) is 7.70. The maximum atomic E-state index is 5.47. The first-order valence-electron chi connectivity index (χ1n) is 7.88. The average molecular weight is 331 g/mol. The second-order valence-electron chi connectivity index (χ2n) is 6.28. The molecule has 1 aliphatic carbocycles. The summed E-state index contributed by atoms with van der Waals surface area (Å²) in [7, 11) is 0. The Kier molecular flexibility index (Phi) is 2.97. The Morgan fingerprint density at radius 3 is 2.91 bits per heavy atom. The van der Waals surface area contributed by atoms with Gasteiger partial charge in [-0.25, -0.2) is 5.43 Å². The first-order valence-corrected chi connectivity index (χ1v) is 8.29. The summed E-state index contributed by atoms with van der Waals surface area (Å²) in [5, 5.41) is 7.37. The van der Waals surface area contributed by atoms with Crippen molar-refractivity contribution in [1.82, 2.24) is 25.6 Å². The molecule has 3 aliphatic rings. The summed E-state index contributed by atoms with van der Waals surface area (Å²) in [6, 6.07) is 6.49. The van der Waals surface area contributed by atoms with Crippen molar-refractivity contribution in [3.8, 4) is 17.2 Å². The van der Waals surface area contributed by atoms with Crippen molar-refractivity contribution in [1.29, 1.82) is 0 Å². The number of H-pyrrole nitrogens is 1. The van der Waals surface area contributed by atoms with Gasteiger partial charge in [0, 0.05) is 12.1 Å². The minimum absolute atomic E-state index is 0.138. The third kappa shape index (κ3) is 2.25. The van der Waals surface area contributed by atoms with Crippen LogP contribution in [0, 0.1) is 10.7 Å². The maximum Gasteiger partial charge on any atom is 0.231 e. The summed E-state index contributed by atoms with van der Waals surface area (Å²) >= 11 is 5.44. The fourth-order valence-corrected chi connectivity index (χ4v) is 3.62. The van der Waals surface area contributed by atoms with Gasteiger partial charge in [-0.2, -0.15) is 5.10 Å². The molecule has 2 fully saturated rings. The van der Waals surface area contributed by atoms with Gasteiger partial charge in [-0.15, -0.1) is 0 Å². The SMILES string of the molecule is S=c1[nH]nc(C2CC(C3CC3)NN2)n1-c1ccc2c(c1)OCO2. The molecular formula is C15H17N5O2S. The van der Waals surface area contributed by atoms with Gasteiger partial charge in [0.15, 0.2) is 22.1 Å². The van der Waals surface area contributed by atoms with E-state index in [1.165, 1.54) is 12.8 Å². The van der Waals surface area contributed by atoms with Gasteiger partial charge in [-0.3, -0.25) is 15.1 Å². The zero-order chi connectivity index (χ0) is 15.4. The second kappa shape index (κ2) is 5.05. The van der Waals surface area contributed by atoms with Gasteiger partial charge >= 0.3 is 0 Å². The maximum absolute atomic E-state index is 5.47. The van der Waals surface area contributed by atoms with E-state index >= 15 is 0 Å². The summed E-state index contributed by atoms with van der Waals surface area (Å²) in [4.78, 5) is 0. The van der Waals surface area contributed by atoms with Crippen molar-refractivity contribution in [3.63, 3.8) is 0 Å². The molecule has 23 heavy (non-hydrogen) atoms. The number of hydrogen-bond acceptors (Lipinski definition) is 6. The molecule has 2 unspecified atom stereocenters. The monoisotopic (exact) mass is 331 g/mol. The molecule has 120 valence electrons. The minimum atomic E-state index is 0.138. The fraction of sp³-hybridized carbons (Fsp3) is 0.467. The molecule has 3 heterocycles. The smallest absolute Gasteiger partial charge is 0.231 e. The zero-order valence-electron chi connectivity index (χ0n) is 12.4. The lowest BCUT2D eigenvalue weighted by molar-refractivity contribution is 0.174. The van der Waals surface area contributed by atoms with Crippen LogP contribution in [0.25, 0.3) is 5.69 Å². The van der Waals surface area contributed by atoms with E-state index in [1.807, 2.05) is 22.8 Å². The molecular weight excluding hydrogens is 314 g/mol. The van der Waals surface area contributed by atoms with E-state index in [-0.39, 0.29) is 12.8 Å². The number of ether oxygens (including phenoxy) is 2. The molecule has 2 aromatic rings. The van der Waals surface area contributed by atoms with E-state index < -0.39 is 0 Å². The average Bonchev–Trinajstić information content (AvgIpc) is 2.99. The van der Waals surface area contributed by atoms with E-state index in [2.05, 4.69) is 21.0 Å². The predicted molar refractivity (Wildman–Crippen MR) is 85.0 cm³/mol. The molecule has 0 bridgehead atoms. The highest BCUT2D eigenvalue weighted by molar-refractivity contribution is 7.71. The number of nitrogens with zero attached hydrogens (tertiary/aromatic N) is 2. The number of aromatic amines is 1. The van der Waals surface area contributed by atoms with Crippen LogP contribution in [-0.4, -0.2) is 27.6 Å². The van der Waals surface area contributed by atoms with Crippen LogP contribution in [0.4, 0.5) is 0 Å². The highest BCUT2D eigenvalue weighted by atomic mass is 32.1. The lowest BCUT2D eigenvalue weighted by Crippen LogP contribution is -2.32. The summed E-state index contributed by atoms with van der Waals surface area (Å²) in [6.07, 6.45) is 3.66. The largest absolute Gasteiger partial charge is 0.454 e. The topological polar surface area (TPSA) is 76.1 Å². The molecule has 1 aromatic heterocycles. The zero-order valence-corrected chi connectivity index (χ0v) is 13.2. The van der Waals surface area contributed by atoms with Gasteiger partial charge < -0.3 is 9.47 Å². The van der Waals surface area contributed by atoms with E-state index in [4.69, 9.17) is 21.7 Å². The number of aromatic nitrogens is 3. The minimum Gasteiger partial charge on any atom is -0.454 e. The molecule has 2 aliphatic heterocycles. The van der Waals surface area contributed by atoms with E-state index in [1.54, 1.807) is 0 Å². The van der Waals surface area contributed by atoms with Crippen LogP contribution >= 0.6 is 12.2 Å². The number of rotatable bonds is 3. The molecule has 0 spiro atoms. The van der Waals surface area contributed by atoms with Gasteiger partial charge in [0.05, 0.1) is 11.7 Å². The van der Waals surface area contributed by atoms with Crippen LogP contribution in [0.1, 0.15) is 31.1 Å². The van der Waals surface area contributed by atoms with Crippen molar-refractivity contribution in [2.45, 2.75) is 31.3 Å². The molecule has 8 heteroatoms. The van der Waals surface area contributed by atoms with E-state index in [0.29, 0.717) is 10.8 Å². The summed E-state index contributed by atoms with van der Waals surface area (Å²) in [6.45, 7) is 0.263. The fourth-order valence-electron chi connectivity index (χ4n) is 3.37. The number of hydrogen-bond donors (Lipinski definition) is 3. The van der Waals surface area contributed by atoms with Crippen molar-refractivity contribution in [2.75, 3.05) is 6.79 Å². The van der Waals surface area contributed by atoms with Gasteiger partial charge in [0.2, 0.25) is 6.79 Å². The molecule has 5 rings (SSSR count). The normalized spacial score (nSPS) is 25.9. The first kappa shape index (κ1) is 13.5. The predicted octanol–water partition coefficient (Wildman–Crippen LogP) is 1.98. The van der Waals surface area contributed by atoms with Crippen molar-refractivity contribution >= 4 is 12.2 Å². The number of benzene rings is 1. The Hall–Kier alpha value is -1.90. The molecule has 1 saturated heterocycles. The molecule has 7 nitrogen and oxygen atoms in total. The molecule has 0 radical (unpaired) electrons. The Morgan fingerprint density at radius 1 is 1.17 bits per heavy atom. The second-order valence-corrected chi connectivity index (χ2v) is 6.67. The Balaban J connectivity index is 1.51. The summed E-state index contributed by atoms with van der Waals surface area (Å²) < 4.78 is 13.4. The molecule has 3 N–H and O–H groups in total. The third-order valence-electron chi connectivity index (χ3n) is 4.75. The van der Waals surface area contributed by atoms with Crippen LogP contribution < -0.4 is 20.3 Å². The van der Waals surface area contributed by atoms with E-state index in [0.717, 1.165) is 35.3 Å². The van der Waals surface area contributed by atoms with Gasteiger partial charge in [0.1, 0.15) is 0 Å². The molecule has 2 atom stereocenters.